The molecule has 29 heavy (non-hydrogen) atoms. The topological polar surface area (TPSA) is 69.4 Å². The first-order valence-corrected chi connectivity index (χ1v) is 9.91. The van der Waals surface area contributed by atoms with Gasteiger partial charge in [-0.25, -0.2) is 4.68 Å². The first-order chi connectivity index (χ1) is 14.2. The predicted molar refractivity (Wildman–Crippen MR) is 108 cm³/mol. The van der Waals surface area contributed by atoms with E-state index in [-0.39, 0.29) is 17.8 Å². The van der Waals surface area contributed by atoms with E-state index in [0.717, 1.165) is 18.5 Å². The van der Waals surface area contributed by atoms with Crippen molar-refractivity contribution in [2.75, 3.05) is 19.7 Å². The first kappa shape index (κ1) is 19.0. The monoisotopic (exact) mass is 392 g/mol. The Balaban J connectivity index is 1.67. The number of hydrogen-bond acceptors (Lipinski definition) is 4. The fraction of sp³-hybridized carbons (Fsp3) is 0.318. The van der Waals surface area contributed by atoms with Gasteiger partial charge in [-0.3, -0.25) is 9.59 Å². The summed E-state index contributed by atoms with van der Waals surface area (Å²) in [6.45, 7) is 3.14. The molecular weight excluding hydrogens is 368 g/mol. The van der Waals surface area contributed by atoms with Gasteiger partial charge in [0, 0.05) is 25.5 Å². The molecular formula is C22H24N4O3. The van der Waals surface area contributed by atoms with Crippen LogP contribution in [0, 0.1) is 5.92 Å². The fourth-order valence-electron chi connectivity index (χ4n) is 3.76. The summed E-state index contributed by atoms with van der Waals surface area (Å²) in [5, 5.41) is 4.50. The van der Waals surface area contributed by atoms with Crippen LogP contribution < -0.4 is 0 Å². The van der Waals surface area contributed by atoms with Crippen LogP contribution in [0.15, 0.2) is 61.1 Å². The van der Waals surface area contributed by atoms with Gasteiger partial charge in [0.2, 0.25) is 0 Å². The van der Waals surface area contributed by atoms with Gasteiger partial charge in [0.15, 0.2) is 5.82 Å². The molecule has 0 aliphatic carbocycles. The predicted octanol–water partition coefficient (Wildman–Crippen LogP) is 3.08. The number of ether oxygens (including phenoxy) is 1. The van der Waals surface area contributed by atoms with E-state index in [1.807, 2.05) is 59.4 Å². The minimum Gasteiger partial charge on any atom is -0.466 e. The summed E-state index contributed by atoms with van der Waals surface area (Å²) < 4.78 is 8.82. The highest BCUT2D eigenvalue weighted by Gasteiger charge is 2.32. The maximum Gasteiger partial charge on any atom is 0.310 e. The minimum atomic E-state index is -0.271. The Morgan fingerprint density at radius 1 is 1.14 bits per heavy atom. The van der Waals surface area contributed by atoms with Gasteiger partial charge < -0.3 is 14.2 Å². The van der Waals surface area contributed by atoms with Gasteiger partial charge in [0.05, 0.1) is 24.4 Å². The molecule has 1 amide bonds. The van der Waals surface area contributed by atoms with E-state index < -0.39 is 0 Å². The molecule has 2 aromatic heterocycles. The molecule has 1 aromatic carbocycles. The molecule has 0 N–H and O–H groups in total. The van der Waals surface area contributed by atoms with Gasteiger partial charge in [-0.05, 0) is 44.0 Å². The summed E-state index contributed by atoms with van der Waals surface area (Å²) >= 11 is 0. The molecule has 150 valence electrons. The van der Waals surface area contributed by atoms with Crippen molar-refractivity contribution in [1.29, 1.82) is 0 Å². The lowest BCUT2D eigenvalue weighted by atomic mass is 9.97. The molecule has 1 aliphatic heterocycles. The molecule has 0 unspecified atom stereocenters. The SMILES string of the molecule is CCOC(=O)[C@H]1CCCN(C(=O)c2cnn(-c3ccccc3)c2-n2cccc2)C1. The number of hydrogen-bond donors (Lipinski definition) is 0. The van der Waals surface area contributed by atoms with Crippen LogP contribution in [-0.2, 0) is 9.53 Å². The summed E-state index contributed by atoms with van der Waals surface area (Å²) in [7, 11) is 0. The molecule has 1 atom stereocenters. The van der Waals surface area contributed by atoms with E-state index in [1.165, 1.54) is 0 Å². The number of amides is 1. The van der Waals surface area contributed by atoms with Crippen LogP contribution in [0.2, 0.25) is 0 Å². The molecule has 0 saturated carbocycles. The van der Waals surface area contributed by atoms with Gasteiger partial charge in [-0.2, -0.15) is 5.10 Å². The molecule has 1 saturated heterocycles. The van der Waals surface area contributed by atoms with Gasteiger partial charge >= 0.3 is 5.97 Å². The first-order valence-electron chi connectivity index (χ1n) is 9.91. The molecule has 7 nitrogen and oxygen atoms in total. The van der Waals surface area contributed by atoms with E-state index in [1.54, 1.807) is 22.7 Å². The molecule has 4 rings (SSSR count). The van der Waals surface area contributed by atoms with E-state index in [4.69, 9.17) is 4.74 Å². The van der Waals surface area contributed by atoms with Crippen molar-refractivity contribution in [3.63, 3.8) is 0 Å². The van der Waals surface area contributed by atoms with Crippen molar-refractivity contribution in [3.05, 3.63) is 66.6 Å². The number of piperidine rings is 1. The second kappa shape index (κ2) is 8.34. The highest BCUT2D eigenvalue weighted by Crippen LogP contribution is 2.24. The normalized spacial score (nSPS) is 16.6. The van der Waals surface area contributed by atoms with Crippen molar-refractivity contribution in [3.8, 4) is 11.5 Å². The Labute approximate surface area is 169 Å². The highest BCUT2D eigenvalue weighted by molar-refractivity contribution is 5.97. The fourth-order valence-corrected chi connectivity index (χ4v) is 3.76. The summed E-state index contributed by atoms with van der Waals surface area (Å²) in [5.74, 6) is 0.0665. The molecule has 1 fully saturated rings. The maximum absolute atomic E-state index is 13.4. The van der Waals surface area contributed by atoms with Crippen LogP contribution in [0.3, 0.4) is 0 Å². The maximum atomic E-state index is 13.4. The third-order valence-corrected chi connectivity index (χ3v) is 5.15. The number of rotatable bonds is 5. The standard InChI is InChI=1S/C22H24N4O3/c1-2-29-22(28)17-9-8-14-25(16-17)21(27)19-15-23-26(18-10-4-3-5-11-18)20(19)24-12-6-7-13-24/h3-7,10-13,15,17H,2,8-9,14,16H2,1H3/t17-/m0/s1. The molecule has 3 heterocycles. The number of esters is 1. The summed E-state index contributed by atoms with van der Waals surface area (Å²) in [6.07, 6.45) is 6.92. The average Bonchev–Trinajstić information content (AvgIpc) is 3.44. The number of carbonyl (C=O) groups excluding carboxylic acids is 2. The quantitative estimate of drug-likeness (QED) is 0.626. The summed E-state index contributed by atoms with van der Waals surface area (Å²) in [5.41, 5.74) is 1.38. The molecule has 0 bridgehead atoms. The van der Waals surface area contributed by atoms with Crippen molar-refractivity contribution in [2.45, 2.75) is 19.8 Å². The smallest absolute Gasteiger partial charge is 0.310 e. The zero-order chi connectivity index (χ0) is 20.2. The van der Waals surface area contributed by atoms with Crippen LogP contribution in [0.4, 0.5) is 0 Å². The lowest BCUT2D eigenvalue weighted by molar-refractivity contribution is -0.149. The molecule has 3 aromatic rings. The summed E-state index contributed by atoms with van der Waals surface area (Å²) in [6, 6.07) is 13.5. The van der Waals surface area contributed by atoms with Crippen molar-refractivity contribution >= 4 is 11.9 Å². The van der Waals surface area contributed by atoms with Crippen LogP contribution in [0.5, 0.6) is 0 Å². The van der Waals surface area contributed by atoms with Crippen LogP contribution in [0.25, 0.3) is 11.5 Å². The van der Waals surface area contributed by atoms with Crippen molar-refractivity contribution in [1.82, 2.24) is 19.2 Å². The summed E-state index contributed by atoms with van der Waals surface area (Å²) in [4.78, 5) is 27.3. The zero-order valence-corrected chi connectivity index (χ0v) is 16.4. The largest absolute Gasteiger partial charge is 0.466 e. The van der Waals surface area contributed by atoms with E-state index >= 15 is 0 Å². The Hall–Kier alpha value is -3.35. The molecule has 0 radical (unpaired) electrons. The van der Waals surface area contributed by atoms with Crippen LogP contribution in [0.1, 0.15) is 30.1 Å². The van der Waals surface area contributed by atoms with Crippen molar-refractivity contribution in [2.24, 2.45) is 5.92 Å². The number of nitrogens with zero attached hydrogens (tertiary/aromatic N) is 4. The minimum absolute atomic E-state index is 0.120. The van der Waals surface area contributed by atoms with Gasteiger partial charge in [0.1, 0.15) is 5.56 Å². The Morgan fingerprint density at radius 2 is 1.90 bits per heavy atom. The Bertz CT molecular complexity index is 979. The lowest BCUT2D eigenvalue weighted by Crippen LogP contribution is -2.43. The van der Waals surface area contributed by atoms with Crippen LogP contribution in [-0.4, -0.2) is 50.8 Å². The molecule has 1 aliphatic rings. The molecule has 7 heteroatoms. The van der Waals surface area contributed by atoms with Crippen LogP contribution >= 0.6 is 0 Å². The Morgan fingerprint density at radius 3 is 2.62 bits per heavy atom. The van der Waals surface area contributed by atoms with Gasteiger partial charge in [-0.15, -0.1) is 0 Å². The number of benzene rings is 1. The number of para-hydroxylation sites is 1. The average molecular weight is 392 g/mol. The third kappa shape index (κ3) is 3.81. The number of carbonyl (C=O) groups is 2. The molecule has 0 spiro atoms. The number of aromatic nitrogens is 3. The number of likely N-dealkylation sites (tertiary alicyclic amines) is 1. The van der Waals surface area contributed by atoms with Crippen molar-refractivity contribution < 1.29 is 14.3 Å². The zero-order valence-electron chi connectivity index (χ0n) is 16.4. The van der Waals surface area contributed by atoms with Gasteiger partial charge in [-0.1, -0.05) is 18.2 Å². The van der Waals surface area contributed by atoms with E-state index in [2.05, 4.69) is 5.10 Å². The third-order valence-electron chi connectivity index (χ3n) is 5.15. The van der Waals surface area contributed by atoms with E-state index in [9.17, 15) is 9.59 Å². The van der Waals surface area contributed by atoms with E-state index in [0.29, 0.717) is 31.1 Å². The van der Waals surface area contributed by atoms with Gasteiger partial charge in [0.25, 0.3) is 5.91 Å². The lowest BCUT2D eigenvalue weighted by Gasteiger charge is -2.31. The Kier molecular flexibility index (Phi) is 5.46. The second-order valence-electron chi connectivity index (χ2n) is 7.06. The second-order valence-corrected chi connectivity index (χ2v) is 7.06. The highest BCUT2D eigenvalue weighted by atomic mass is 16.5.